The predicted octanol–water partition coefficient (Wildman–Crippen LogP) is 3.91. The van der Waals surface area contributed by atoms with Crippen LogP contribution in [0.5, 0.6) is 0 Å². The topological polar surface area (TPSA) is 6.48 Å². The summed E-state index contributed by atoms with van der Waals surface area (Å²) >= 11 is 0. The lowest BCUT2D eigenvalue weighted by Gasteiger charge is -2.45. The van der Waals surface area contributed by atoms with E-state index in [-0.39, 0.29) is 0 Å². The summed E-state index contributed by atoms with van der Waals surface area (Å²) in [7, 11) is 4.82. The molecule has 2 spiro atoms. The standard InChI is InChI=1S/C19H34N2/c1-20-12-6-11-18(20)10-5-7-16(13-18)17-14-19(21(2)15-17)8-3-4-9-19/h16-17H,3-15H2,1-2H3. The lowest BCUT2D eigenvalue weighted by Crippen LogP contribution is -2.46. The van der Waals surface area contributed by atoms with Crippen LogP contribution < -0.4 is 0 Å². The van der Waals surface area contributed by atoms with E-state index < -0.39 is 0 Å². The van der Waals surface area contributed by atoms with Gasteiger partial charge in [0.25, 0.3) is 0 Å². The van der Waals surface area contributed by atoms with E-state index >= 15 is 0 Å². The highest BCUT2D eigenvalue weighted by Gasteiger charge is 2.50. The lowest BCUT2D eigenvalue weighted by atomic mass is 9.68. The van der Waals surface area contributed by atoms with Gasteiger partial charge in [0.1, 0.15) is 0 Å². The summed E-state index contributed by atoms with van der Waals surface area (Å²) < 4.78 is 0. The predicted molar refractivity (Wildman–Crippen MR) is 88.5 cm³/mol. The zero-order valence-corrected chi connectivity index (χ0v) is 14.2. The molecule has 0 aromatic rings. The van der Waals surface area contributed by atoms with Crippen molar-refractivity contribution in [3.8, 4) is 0 Å². The third kappa shape index (κ3) is 2.28. The first kappa shape index (κ1) is 14.5. The second-order valence-corrected chi connectivity index (χ2v) is 8.88. The van der Waals surface area contributed by atoms with Crippen molar-refractivity contribution in [2.45, 2.75) is 81.7 Å². The fourth-order valence-corrected chi connectivity index (χ4v) is 6.62. The highest BCUT2D eigenvalue weighted by Crippen LogP contribution is 2.51. The zero-order chi connectivity index (χ0) is 14.5. The summed E-state index contributed by atoms with van der Waals surface area (Å²) in [5, 5.41) is 0. The van der Waals surface area contributed by atoms with Crippen LogP contribution >= 0.6 is 0 Å². The molecule has 2 saturated heterocycles. The molecule has 21 heavy (non-hydrogen) atoms. The van der Waals surface area contributed by atoms with Gasteiger partial charge in [-0.15, -0.1) is 0 Å². The molecule has 4 rings (SSSR count). The fraction of sp³-hybridized carbons (Fsp3) is 1.00. The second-order valence-electron chi connectivity index (χ2n) is 8.88. The third-order valence-electron chi connectivity index (χ3n) is 7.97. The average molecular weight is 290 g/mol. The Morgan fingerprint density at radius 2 is 1.33 bits per heavy atom. The van der Waals surface area contributed by atoms with E-state index in [0.29, 0.717) is 11.1 Å². The summed E-state index contributed by atoms with van der Waals surface area (Å²) in [5.41, 5.74) is 1.23. The number of hydrogen-bond donors (Lipinski definition) is 0. The van der Waals surface area contributed by atoms with Gasteiger partial charge in [-0.1, -0.05) is 19.3 Å². The van der Waals surface area contributed by atoms with Crippen LogP contribution in [0.4, 0.5) is 0 Å². The van der Waals surface area contributed by atoms with Gasteiger partial charge in [0, 0.05) is 17.6 Å². The lowest BCUT2D eigenvalue weighted by molar-refractivity contribution is 0.0680. The van der Waals surface area contributed by atoms with E-state index in [4.69, 9.17) is 0 Å². The first-order chi connectivity index (χ1) is 10.1. The molecule has 0 amide bonds. The molecule has 3 unspecified atom stereocenters. The molecule has 4 aliphatic rings. The van der Waals surface area contributed by atoms with E-state index in [1.165, 1.54) is 83.7 Å². The first-order valence-electron chi connectivity index (χ1n) is 9.56. The van der Waals surface area contributed by atoms with Crippen molar-refractivity contribution in [1.82, 2.24) is 9.80 Å². The SMILES string of the molecule is CN1CCCC12CCCC(C1CN(C)C3(CCCC3)C1)C2. The van der Waals surface area contributed by atoms with Crippen LogP contribution in [0.1, 0.15) is 70.6 Å². The quantitative estimate of drug-likeness (QED) is 0.722. The molecule has 2 saturated carbocycles. The maximum absolute atomic E-state index is 2.77. The molecule has 2 aliphatic carbocycles. The molecule has 2 aliphatic heterocycles. The van der Waals surface area contributed by atoms with Crippen molar-refractivity contribution in [3.63, 3.8) is 0 Å². The summed E-state index contributed by atoms with van der Waals surface area (Å²) in [6.45, 7) is 2.74. The van der Waals surface area contributed by atoms with Crippen molar-refractivity contribution in [1.29, 1.82) is 0 Å². The average Bonchev–Trinajstić information content (AvgIpc) is 3.16. The maximum atomic E-state index is 2.77. The zero-order valence-electron chi connectivity index (χ0n) is 14.2. The number of likely N-dealkylation sites (tertiary alicyclic amines) is 2. The van der Waals surface area contributed by atoms with Crippen molar-refractivity contribution in [2.75, 3.05) is 27.2 Å². The Hall–Kier alpha value is -0.0800. The largest absolute Gasteiger partial charge is 0.301 e. The Morgan fingerprint density at radius 1 is 0.714 bits per heavy atom. The van der Waals surface area contributed by atoms with Crippen LogP contribution in [0, 0.1) is 11.8 Å². The molecule has 0 bridgehead atoms. The molecule has 2 heteroatoms. The Bertz CT molecular complexity index is 387. The molecule has 2 nitrogen and oxygen atoms in total. The molecule has 0 N–H and O–H groups in total. The minimum atomic E-state index is 0.604. The number of nitrogens with zero attached hydrogens (tertiary/aromatic N) is 2. The van der Waals surface area contributed by atoms with Gasteiger partial charge in [-0.2, -0.15) is 0 Å². The van der Waals surface area contributed by atoms with Crippen LogP contribution in [-0.4, -0.2) is 48.1 Å². The normalized spacial score (nSPS) is 44.3. The molecule has 0 aromatic carbocycles. The van der Waals surface area contributed by atoms with Gasteiger partial charge in [0.2, 0.25) is 0 Å². The van der Waals surface area contributed by atoms with Gasteiger partial charge in [0.05, 0.1) is 0 Å². The van der Waals surface area contributed by atoms with Gasteiger partial charge >= 0.3 is 0 Å². The van der Waals surface area contributed by atoms with Gasteiger partial charge < -0.3 is 9.80 Å². The highest BCUT2D eigenvalue weighted by atomic mass is 15.2. The van der Waals surface area contributed by atoms with Crippen LogP contribution in [0.3, 0.4) is 0 Å². The Kier molecular flexibility index (Phi) is 3.61. The van der Waals surface area contributed by atoms with Gasteiger partial charge in [-0.05, 0) is 83.8 Å². The summed E-state index contributed by atoms with van der Waals surface area (Å²) in [4.78, 5) is 5.49. The summed E-state index contributed by atoms with van der Waals surface area (Å²) in [6, 6.07) is 0. The van der Waals surface area contributed by atoms with Crippen molar-refractivity contribution in [3.05, 3.63) is 0 Å². The van der Waals surface area contributed by atoms with Crippen molar-refractivity contribution < 1.29 is 0 Å². The molecule has 0 aromatic heterocycles. The molecular weight excluding hydrogens is 256 g/mol. The van der Waals surface area contributed by atoms with Gasteiger partial charge in [-0.25, -0.2) is 0 Å². The van der Waals surface area contributed by atoms with Crippen LogP contribution in [0.25, 0.3) is 0 Å². The minimum Gasteiger partial charge on any atom is -0.301 e. The van der Waals surface area contributed by atoms with Gasteiger partial charge in [-0.3, -0.25) is 0 Å². The first-order valence-corrected chi connectivity index (χ1v) is 9.56. The highest BCUT2D eigenvalue weighted by molar-refractivity contribution is 5.05. The number of rotatable bonds is 1. The maximum Gasteiger partial charge on any atom is 0.0209 e. The summed E-state index contributed by atoms with van der Waals surface area (Å²) in [6.07, 6.45) is 16.4. The molecular formula is C19H34N2. The fourth-order valence-electron chi connectivity index (χ4n) is 6.62. The minimum absolute atomic E-state index is 0.604. The molecule has 4 fully saturated rings. The van der Waals surface area contributed by atoms with Crippen LogP contribution in [0.2, 0.25) is 0 Å². The van der Waals surface area contributed by atoms with E-state index in [1.807, 2.05) is 0 Å². The molecule has 3 atom stereocenters. The molecule has 0 radical (unpaired) electrons. The van der Waals surface area contributed by atoms with E-state index in [0.717, 1.165) is 11.8 Å². The van der Waals surface area contributed by atoms with E-state index in [1.54, 1.807) is 0 Å². The number of hydrogen-bond acceptors (Lipinski definition) is 2. The second kappa shape index (κ2) is 5.23. The molecule has 120 valence electrons. The third-order valence-corrected chi connectivity index (χ3v) is 7.97. The Labute approximate surface area is 131 Å². The smallest absolute Gasteiger partial charge is 0.0209 e. The monoisotopic (exact) mass is 290 g/mol. The van der Waals surface area contributed by atoms with Crippen LogP contribution in [-0.2, 0) is 0 Å². The van der Waals surface area contributed by atoms with E-state index in [9.17, 15) is 0 Å². The molecule has 2 heterocycles. The van der Waals surface area contributed by atoms with Crippen LogP contribution in [0.15, 0.2) is 0 Å². The Morgan fingerprint density at radius 3 is 2.05 bits per heavy atom. The van der Waals surface area contributed by atoms with Gasteiger partial charge in [0.15, 0.2) is 0 Å². The van der Waals surface area contributed by atoms with Crippen molar-refractivity contribution >= 4 is 0 Å². The summed E-state index contributed by atoms with van der Waals surface area (Å²) in [5.74, 6) is 2.01. The Balaban J connectivity index is 1.47. The van der Waals surface area contributed by atoms with E-state index in [2.05, 4.69) is 23.9 Å². The van der Waals surface area contributed by atoms with Crippen molar-refractivity contribution in [2.24, 2.45) is 11.8 Å².